The second-order valence-corrected chi connectivity index (χ2v) is 2.75. The van der Waals surface area contributed by atoms with Gasteiger partial charge in [-0.2, -0.15) is 5.10 Å². The third-order valence-electron chi connectivity index (χ3n) is 1.81. The van der Waals surface area contributed by atoms with E-state index in [0.717, 1.165) is 5.69 Å². The molecule has 0 bridgehead atoms. The zero-order valence-corrected chi connectivity index (χ0v) is 7.29. The summed E-state index contributed by atoms with van der Waals surface area (Å²) in [4.78, 5) is 14.7. The van der Waals surface area contributed by atoms with Crippen LogP contribution < -0.4 is 5.73 Å². The maximum Gasteiger partial charge on any atom is 0.248 e. The van der Waals surface area contributed by atoms with Gasteiger partial charge in [0.2, 0.25) is 5.91 Å². The average Bonchev–Trinajstić information content (AvgIpc) is 2.71. The molecule has 70 valence electrons. The highest BCUT2D eigenvalue weighted by Crippen LogP contribution is 2.07. The molecule has 0 aliphatic rings. The van der Waals surface area contributed by atoms with Gasteiger partial charge in [0.05, 0.1) is 5.69 Å². The minimum Gasteiger partial charge on any atom is -0.366 e. The molecule has 0 aliphatic heterocycles. The molecule has 0 saturated heterocycles. The number of carbonyl (C=O) groups is 1. The summed E-state index contributed by atoms with van der Waals surface area (Å²) < 4.78 is 1.56. The van der Waals surface area contributed by atoms with E-state index in [1.165, 1.54) is 6.33 Å². The molecule has 5 nitrogen and oxygen atoms in total. The van der Waals surface area contributed by atoms with Gasteiger partial charge in [0.25, 0.3) is 0 Å². The first-order valence-electron chi connectivity index (χ1n) is 4.02. The standard InChI is InChI=1S/C9H8N4O/c10-9(14)7-2-1-3-8(4-7)13-6-11-5-12-13/h1-6H,(H2,10,14). The molecule has 2 rings (SSSR count). The van der Waals surface area contributed by atoms with Gasteiger partial charge in [-0.25, -0.2) is 9.67 Å². The maximum absolute atomic E-state index is 10.9. The number of rotatable bonds is 2. The Labute approximate surface area is 80.2 Å². The lowest BCUT2D eigenvalue weighted by Crippen LogP contribution is -2.11. The van der Waals surface area contributed by atoms with E-state index in [-0.39, 0.29) is 0 Å². The van der Waals surface area contributed by atoms with Crippen LogP contribution in [0.15, 0.2) is 36.9 Å². The lowest BCUT2D eigenvalue weighted by atomic mass is 10.2. The summed E-state index contributed by atoms with van der Waals surface area (Å²) in [5, 5.41) is 3.94. The number of nitrogens with two attached hydrogens (primary N) is 1. The van der Waals surface area contributed by atoms with E-state index in [4.69, 9.17) is 5.73 Å². The molecule has 0 aliphatic carbocycles. The molecule has 14 heavy (non-hydrogen) atoms. The van der Waals surface area contributed by atoms with E-state index in [9.17, 15) is 4.79 Å². The number of hydrogen-bond donors (Lipinski definition) is 1. The highest BCUT2D eigenvalue weighted by atomic mass is 16.1. The average molecular weight is 188 g/mol. The molecule has 1 heterocycles. The summed E-state index contributed by atoms with van der Waals surface area (Å²) in [5.41, 5.74) is 6.37. The number of carbonyl (C=O) groups excluding carboxylic acids is 1. The van der Waals surface area contributed by atoms with E-state index >= 15 is 0 Å². The van der Waals surface area contributed by atoms with Crippen LogP contribution in [0.3, 0.4) is 0 Å². The Hall–Kier alpha value is -2.17. The Bertz CT molecular complexity index is 450. The highest BCUT2D eigenvalue weighted by Gasteiger charge is 2.02. The van der Waals surface area contributed by atoms with Gasteiger partial charge in [-0.15, -0.1) is 0 Å². The van der Waals surface area contributed by atoms with Crippen molar-refractivity contribution in [1.82, 2.24) is 14.8 Å². The van der Waals surface area contributed by atoms with Crippen molar-refractivity contribution < 1.29 is 4.79 Å². The number of aromatic nitrogens is 3. The van der Waals surface area contributed by atoms with Crippen molar-refractivity contribution in [1.29, 1.82) is 0 Å². The second-order valence-electron chi connectivity index (χ2n) is 2.75. The number of amides is 1. The van der Waals surface area contributed by atoms with E-state index in [0.29, 0.717) is 5.56 Å². The van der Waals surface area contributed by atoms with Gasteiger partial charge in [0.15, 0.2) is 0 Å². The molecule has 5 heteroatoms. The predicted molar refractivity (Wildman–Crippen MR) is 49.9 cm³/mol. The molecular weight excluding hydrogens is 180 g/mol. The van der Waals surface area contributed by atoms with Crippen LogP contribution in [-0.2, 0) is 0 Å². The maximum atomic E-state index is 10.9. The molecule has 0 radical (unpaired) electrons. The van der Waals surface area contributed by atoms with Crippen molar-refractivity contribution in [3.63, 3.8) is 0 Å². The fourth-order valence-electron chi connectivity index (χ4n) is 1.14. The molecular formula is C9H8N4O. The van der Waals surface area contributed by atoms with E-state index in [2.05, 4.69) is 10.1 Å². The van der Waals surface area contributed by atoms with Crippen LogP contribution in [0.5, 0.6) is 0 Å². The summed E-state index contributed by atoms with van der Waals surface area (Å²) in [6.07, 6.45) is 2.98. The fraction of sp³-hybridized carbons (Fsp3) is 0. The summed E-state index contributed by atoms with van der Waals surface area (Å²) in [5.74, 6) is -0.452. The second kappa shape index (κ2) is 3.29. The van der Waals surface area contributed by atoms with Gasteiger partial charge >= 0.3 is 0 Å². The molecule has 2 N–H and O–H groups in total. The SMILES string of the molecule is NC(=O)c1cccc(-n2cncn2)c1. The first-order chi connectivity index (χ1) is 6.77. The molecule has 2 aromatic rings. The monoisotopic (exact) mass is 188 g/mol. The Morgan fingerprint density at radius 3 is 2.93 bits per heavy atom. The predicted octanol–water partition coefficient (Wildman–Crippen LogP) is 0.366. The summed E-state index contributed by atoms with van der Waals surface area (Å²) in [6.45, 7) is 0. The zero-order chi connectivity index (χ0) is 9.97. The molecule has 0 saturated carbocycles. The van der Waals surface area contributed by atoms with Gasteiger partial charge in [-0.05, 0) is 18.2 Å². The fourth-order valence-corrected chi connectivity index (χ4v) is 1.14. The Morgan fingerprint density at radius 1 is 1.43 bits per heavy atom. The van der Waals surface area contributed by atoms with Crippen molar-refractivity contribution in [3.8, 4) is 5.69 Å². The molecule has 1 amide bonds. The van der Waals surface area contributed by atoms with E-state index in [1.54, 1.807) is 29.2 Å². The summed E-state index contributed by atoms with van der Waals surface area (Å²) in [6, 6.07) is 6.89. The van der Waals surface area contributed by atoms with Crippen LogP contribution in [0.2, 0.25) is 0 Å². The van der Waals surface area contributed by atoms with Gasteiger partial charge in [-0.1, -0.05) is 6.07 Å². The van der Waals surface area contributed by atoms with Crippen LogP contribution >= 0.6 is 0 Å². The molecule has 1 aromatic heterocycles. The molecule has 0 unspecified atom stereocenters. The zero-order valence-electron chi connectivity index (χ0n) is 7.29. The van der Waals surface area contributed by atoms with Crippen molar-refractivity contribution in [3.05, 3.63) is 42.5 Å². The number of nitrogens with zero attached hydrogens (tertiary/aromatic N) is 3. The van der Waals surface area contributed by atoms with Crippen LogP contribution in [0, 0.1) is 0 Å². The minimum absolute atomic E-state index is 0.452. The summed E-state index contributed by atoms with van der Waals surface area (Å²) >= 11 is 0. The molecule has 0 fully saturated rings. The van der Waals surface area contributed by atoms with Crippen molar-refractivity contribution in [2.24, 2.45) is 5.73 Å². The molecule has 0 spiro atoms. The lowest BCUT2D eigenvalue weighted by molar-refractivity contribution is 0.100. The Kier molecular flexibility index (Phi) is 1.98. The lowest BCUT2D eigenvalue weighted by Gasteiger charge is -2.01. The van der Waals surface area contributed by atoms with Gasteiger partial charge < -0.3 is 5.73 Å². The molecule has 0 atom stereocenters. The van der Waals surface area contributed by atoms with Crippen LogP contribution in [0.25, 0.3) is 5.69 Å². The number of hydrogen-bond acceptors (Lipinski definition) is 3. The van der Waals surface area contributed by atoms with Crippen molar-refractivity contribution >= 4 is 5.91 Å². The first-order valence-corrected chi connectivity index (χ1v) is 4.02. The van der Waals surface area contributed by atoms with Crippen molar-refractivity contribution in [2.45, 2.75) is 0 Å². The Morgan fingerprint density at radius 2 is 2.29 bits per heavy atom. The quantitative estimate of drug-likeness (QED) is 0.739. The normalized spacial score (nSPS) is 10.0. The molecule has 1 aromatic carbocycles. The summed E-state index contributed by atoms with van der Waals surface area (Å²) in [7, 11) is 0. The smallest absolute Gasteiger partial charge is 0.248 e. The van der Waals surface area contributed by atoms with Gasteiger partial charge in [0, 0.05) is 5.56 Å². The third kappa shape index (κ3) is 1.47. The van der Waals surface area contributed by atoms with Crippen LogP contribution in [0.4, 0.5) is 0 Å². The topological polar surface area (TPSA) is 73.8 Å². The van der Waals surface area contributed by atoms with Gasteiger partial charge in [-0.3, -0.25) is 4.79 Å². The third-order valence-corrected chi connectivity index (χ3v) is 1.81. The van der Waals surface area contributed by atoms with Crippen molar-refractivity contribution in [2.75, 3.05) is 0 Å². The highest BCUT2D eigenvalue weighted by molar-refractivity contribution is 5.93. The first kappa shape index (κ1) is 8.43. The largest absolute Gasteiger partial charge is 0.366 e. The van der Waals surface area contributed by atoms with E-state index in [1.807, 2.05) is 6.07 Å². The Balaban J connectivity index is 2.46. The van der Waals surface area contributed by atoms with Gasteiger partial charge in [0.1, 0.15) is 12.7 Å². The van der Waals surface area contributed by atoms with E-state index < -0.39 is 5.91 Å². The van der Waals surface area contributed by atoms with Crippen LogP contribution in [0.1, 0.15) is 10.4 Å². The van der Waals surface area contributed by atoms with Crippen LogP contribution in [-0.4, -0.2) is 20.7 Å². The number of benzene rings is 1. The number of primary amides is 1. The minimum atomic E-state index is -0.452.